The zero-order valence-corrected chi connectivity index (χ0v) is 12.2. The van der Waals surface area contributed by atoms with Crippen molar-refractivity contribution in [3.63, 3.8) is 0 Å². The quantitative estimate of drug-likeness (QED) is 0.749. The molecule has 1 N–H and O–H groups in total. The Hall–Kier alpha value is -1.94. The lowest BCUT2D eigenvalue weighted by molar-refractivity contribution is 0.612. The van der Waals surface area contributed by atoms with Crippen LogP contribution in [0.25, 0.3) is 10.8 Å². The molecule has 0 saturated carbocycles. The van der Waals surface area contributed by atoms with Gasteiger partial charge in [-0.15, -0.1) is 0 Å². The van der Waals surface area contributed by atoms with Gasteiger partial charge < -0.3 is 5.32 Å². The second-order valence-corrected chi connectivity index (χ2v) is 5.41. The van der Waals surface area contributed by atoms with Crippen molar-refractivity contribution in [2.45, 2.75) is 6.54 Å². The molecule has 20 heavy (non-hydrogen) atoms. The summed E-state index contributed by atoms with van der Waals surface area (Å²) < 4.78 is 14.6. The highest BCUT2D eigenvalue weighted by Gasteiger charge is 2.04. The van der Waals surface area contributed by atoms with Gasteiger partial charge in [0.25, 0.3) is 0 Å². The van der Waals surface area contributed by atoms with Crippen molar-refractivity contribution in [1.29, 1.82) is 0 Å². The highest BCUT2D eigenvalue weighted by Crippen LogP contribution is 2.23. The van der Waals surface area contributed by atoms with Crippen LogP contribution in [0.2, 0.25) is 0 Å². The molecule has 2 nitrogen and oxygen atoms in total. The zero-order valence-electron chi connectivity index (χ0n) is 10.6. The molecule has 0 amide bonds. The number of fused-ring (bicyclic) bond motifs is 1. The smallest absolute Gasteiger partial charge is 0.128 e. The lowest BCUT2D eigenvalue weighted by Gasteiger charge is -2.10. The fourth-order valence-electron chi connectivity index (χ4n) is 2.14. The summed E-state index contributed by atoms with van der Waals surface area (Å²) in [5.74, 6) is -0.209. The van der Waals surface area contributed by atoms with E-state index in [4.69, 9.17) is 0 Å². The number of nitrogens with one attached hydrogen (secondary N) is 1. The Morgan fingerprint density at radius 3 is 2.95 bits per heavy atom. The first kappa shape index (κ1) is 13.1. The first-order valence-electron chi connectivity index (χ1n) is 6.24. The molecule has 100 valence electrons. The number of rotatable bonds is 3. The van der Waals surface area contributed by atoms with Crippen LogP contribution in [0.15, 0.2) is 59.3 Å². The van der Waals surface area contributed by atoms with E-state index in [1.807, 2.05) is 30.5 Å². The Morgan fingerprint density at radius 1 is 1.15 bits per heavy atom. The van der Waals surface area contributed by atoms with Crippen molar-refractivity contribution in [1.82, 2.24) is 4.98 Å². The van der Waals surface area contributed by atoms with Crippen molar-refractivity contribution < 1.29 is 4.39 Å². The number of benzene rings is 2. The van der Waals surface area contributed by atoms with E-state index < -0.39 is 0 Å². The van der Waals surface area contributed by atoms with E-state index in [2.05, 4.69) is 26.2 Å². The summed E-state index contributed by atoms with van der Waals surface area (Å²) >= 11 is 3.36. The van der Waals surface area contributed by atoms with Crippen LogP contribution in [0.5, 0.6) is 0 Å². The van der Waals surface area contributed by atoms with E-state index in [-0.39, 0.29) is 5.82 Å². The average Bonchev–Trinajstić information content (AvgIpc) is 2.48. The molecule has 0 atom stereocenters. The Morgan fingerprint density at radius 2 is 2.05 bits per heavy atom. The maximum atomic E-state index is 13.7. The Labute approximate surface area is 124 Å². The molecule has 0 bridgehead atoms. The molecule has 0 radical (unpaired) electrons. The van der Waals surface area contributed by atoms with E-state index in [0.717, 1.165) is 20.9 Å². The van der Waals surface area contributed by atoms with Gasteiger partial charge in [0.2, 0.25) is 0 Å². The van der Waals surface area contributed by atoms with Crippen LogP contribution >= 0.6 is 15.9 Å². The third-order valence-corrected chi connectivity index (χ3v) is 3.65. The van der Waals surface area contributed by atoms with Crippen LogP contribution in [0.1, 0.15) is 5.56 Å². The largest absolute Gasteiger partial charge is 0.380 e. The molecule has 0 unspecified atom stereocenters. The molecule has 0 saturated heterocycles. The highest BCUT2D eigenvalue weighted by molar-refractivity contribution is 9.10. The molecular formula is C16H12BrFN2. The molecule has 0 spiro atoms. The van der Waals surface area contributed by atoms with Crippen molar-refractivity contribution in [2.75, 3.05) is 5.32 Å². The summed E-state index contributed by atoms with van der Waals surface area (Å²) in [6.45, 7) is 0.430. The van der Waals surface area contributed by atoms with Crippen molar-refractivity contribution >= 4 is 32.4 Å². The molecular weight excluding hydrogens is 319 g/mol. The molecule has 0 aliphatic heterocycles. The minimum absolute atomic E-state index is 0.209. The number of halogens is 2. The summed E-state index contributed by atoms with van der Waals surface area (Å²) in [6, 6.07) is 12.9. The molecule has 0 aliphatic carbocycles. The lowest BCUT2D eigenvalue weighted by atomic mass is 10.1. The number of hydrogen-bond donors (Lipinski definition) is 1. The van der Waals surface area contributed by atoms with E-state index in [1.54, 1.807) is 18.3 Å². The van der Waals surface area contributed by atoms with Gasteiger partial charge in [-0.2, -0.15) is 0 Å². The summed E-state index contributed by atoms with van der Waals surface area (Å²) in [5, 5.41) is 5.41. The first-order chi connectivity index (χ1) is 9.74. The van der Waals surface area contributed by atoms with Gasteiger partial charge in [0.05, 0.1) is 0 Å². The third kappa shape index (κ3) is 2.65. The minimum Gasteiger partial charge on any atom is -0.380 e. The maximum Gasteiger partial charge on any atom is 0.128 e. The van der Waals surface area contributed by atoms with Gasteiger partial charge in [-0.25, -0.2) is 4.39 Å². The molecule has 2 aromatic carbocycles. The average molecular weight is 331 g/mol. The summed E-state index contributed by atoms with van der Waals surface area (Å²) in [7, 11) is 0. The first-order valence-corrected chi connectivity index (χ1v) is 7.04. The van der Waals surface area contributed by atoms with Gasteiger partial charge >= 0.3 is 0 Å². The van der Waals surface area contributed by atoms with Gasteiger partial charge in [0.15, 0.2) is 0 Å². The number of aromatic nitrogens is 1. The summed E-state index contributed by atoms with van der Waals surface area (Å²) in [6.07, 6.45) is 3.58. The normalized spacial score (nSPS) is 10.7. The molecule has 3 aromatic rings. The molecule has 4 heteroatoms. The fourth-order valence-corrected chi connectivity index (χ4v) is 2.55. The van der Waals surface area contributed by atoms with E-state index in [1.165, 1.54) is 6.07 Å². The maximum absolute atomic E-state index is 13.7. The monoisotopic (exact) mass is 330 g/mol. The van der Waals surface area contributed by atoms with Gasteiger partial charge in [0.1, 0.15) is 5.82 Å². The summed E-state index contributed by atoms with van der Waals surface area (Å²) in [5.41, 5.74) is 1.58. The van der Waals surface area contributed by atoms with Crippen LogP contribution in [0.3, 0.4) is 0 Å². The Kier molecular flexibility index (Phi) is 3.65. The van der Waals surface area contributed by atoms with E-state index in [0.29, 0.717) is 12.1 Å². The second kappa shape index (κ2) is 5.59. The standard InChI is InChI=1S/C16H12BrFN2/c17-13-4-5-15(18)12(8-13)9-20-16-3-1-2-11-6-7-19-10-14(11)16/h1-8,10,20H,9H2. The fraction of sp³-hybridized carbons (Fsp3) is 0.0625. The van der Waals surface area contributed by atoms with Gasteiger partial charge in [0, 0.05) is 40.0 Å². The molecule has 0 fully saturated rings. The Balaban J connectivity index is 1.89. The Bertz CT molecular complexity index is 753. The van der Waals surface area contributed by atoms with Crippen LogP contribution in [-0.4, -0.2) is 4.98 Å². The number of anilines is 1. The van der Waals surface area contributed by atoms with Crippen LogP contribution < -0.4 is 5.32 Å². The predicted molar refractivity (Wildman–Crippen MR) is 83.2 cm³/mol. The SMILES string of the molecule is Fc1ccc(Br)cc1CNc1cccc2ccncc12. The van der Waals surface area contributed by atoms with Gasteiger partial charge in [-0.1, -0.05) is 28.1 Å². The predicted octanol–water partition coefficient (Wildman–Crippen LogP) is 4.75. The van der Waals surface area contributed by atoms with Crippen LogP contribution in [0.4, 0.5) is 10.1 Å². The van der Waals surface area contributed by atoms with Crippen LogP contribution in [0, 0.1) is 5.82 Å². The number of nitrogens with zero attached hydrogens (tertiary/aromatic N) is 1. The summed E-state index contributed by atoms with van der Waals surface area (Å²) in [4.78, 5) is 4.14. The van der Waals surface area contributed by atoms with Gasteiger partial charge in [-0.3, -0.25) is 4.98 Å². The van der Waals surface area contributed by atoms with Crippen molar-refractivity contribution in [3.8, 4) is 0 Å². The molecule has 3 rings (SSSR count). The van der Waals surface area contributed by atoms with Crippen LogP contribution in [-0.2, 0) is 6.54 Å². The van der Waals surface area contributed by atoms with E-state index in [9.17, 15) is 4.39 Å². The molecule has 1 aromatic heterocycles. The molecule has 1 heterocycles. The van der Waals surface area contributed by atoms with E-state index >= 15 is 0 Å². The number of pyridine rings is 1. The zero-order chi connectivity index (χ0) is 13.9. The lowest BCUT2D eigenvalue weighted by Crippen LogP contribution is -2.02. The van der Waals surface area contributed by atoms with Gasteiger partial charge in [-0.05, 0) is 35.7 Å². The number of hydrogen-bond acceptors (Lipinski definition) is 2. The highest BCUT2D eigenvalue weighted by atomic mass is 79.9. The topological polar surface area (TPSA) is 24.9 Å². The second-order valence-electron chi connectivity index (χ2n) is 4.49. The minimum atomic E-state index is -0.209. The third-order valence-electron chi connectivity index (χ3n) is 3.16. The van der Waals surface area contributed by atoms with Crippen molar-refractivity contribution in [2.24, 2.45) is 0 Å². The van der Waals surface area contributed by atoms with Crippen molar-refractivity contribution in [3.05, 3.63) is 70.7 Å². The molecule has 0 aliphatic rings.